The zero-order valence-corrected chi connectivity index (χ0v) is 11.2. The molecule has 5 heteroatoms. The molecular weight excluding hydrogens is 256 g/mol. The van der Waals surface area contributed by atoms with Gasteiger partial charge in [-0.1, -0.05) is 18.2 Å². The van der Waals surface area contributed by atoms with E-state index in [1.54, 1.807) is 6.07 Å². The summed E-state index contributed by atoms with van der Waals surface area (Å²) in [5.74, 6) is -0.712. The summed E-state index contributed by atoms with van der Waals surface area (Å²) in [6.07, 6.45) is 2.75. The number of rotatable bonds is 4. The van der Waals surface area contributed by atoms with Crippen LogP contribution in [0.1, 0.15) is 24.8 Å². The summed E-state index contributed by atoms with van der Waals surface area (Å²) in [5, 5.41) is 9.34. The Morgan fingerprint density at radius 1 is 1.35 bits per heavy atom. The van der Waals surface area contributed by atoms with Crippen molar-refractivity contribution in [1.82, 2.24) is 0 Å². The molecule has 0 saturated heterocycles. The Hall–Kier alpha value is -1.88. The number of carbonyl (C=O) groups is 2. The van der Waals surface area contributed by atoms with E-state index in [1.807, 2.05) is 18.2 Å². The number of nitrogens with zero attached hydrogens (tertiary/aromatic N) is 1. The first kappa shape index (κ1) is 13.1. The van der Waals surface area contributed by atoms with E-state index in [9.17, 15) is 14.7 Å². The fourth-order valence-electron chi connectivity index (χ4n) is 2.88. The summed E-state index contributed by atoms with van der Waals surface area (Å²) in [6.45, 7) is 0. The summed E-state index contributed by atoms with van der Waals surface area (Å²) in [6, 6.07) is 6.42. The van der Waals surface area contributed by atoms with Crippen LogP contribution in [-0.2, 0) is 16.0 Å². The van der Waals surface area contributed by atoms with Crippen LogP contribution in [0.3, 0.4) is 0 Å². The topological polar surface area (TPSA) is 83.6 Å². The lowest BCUT2D eigenvalue weighted by Crippen LogP contribution is -2.45. The highest BCUT2D eigenvalue weighted by Crippen LogP contribution is 2.36. The molecule has 5 nitrogen and oxygen atoms in total. The average Bonchev–Trinajstić information content (AvgIpc) is 3.18. The van der Waals surface area contributed by atoms with Gasteiger partial charge in [0.25, 0.3) is 0 Å². The number of hydrogen-bond acceptors (Lipinski definition) is 3. The number of amides is 1. The van der Waals surface area contributed by atoms with Crippen LogP contribution in [0.4, 0.5) is 5.69 Å². The van der Waals surface area contributed by atoms with Crippen LogP contribution in [0.15, 0.2) is 24.3 Å². The highest BCUT2D eigenvalue weighted by atomic mass is 16.4. The number of anilines is 1. The molecule has 3 rings (SSSR count). The number of nitrogens with two attached hydrogens (primary N) is 1. The van der Waals surface area contributed by atoms with E-state index in [0.717, 1.165) is 18.4 Å². The van der Waals surface area contributed by atoms with Crippen LogP contribution in [-0.4, -0.2) is 29.1 Å². The van der Waals surface area contributed by atoms with Crippen molar-refractivity contribution >= 4 is 17.6 Å². The number of hydrogen-bond donors (Lipinski definition) is 2. The van der Waals surface area contributed by atoms with Gasteiger partial charge in [0.05, 0.1) is 0 Å². The highest BCUT2D eigenvalue weighted by Gasteiger charge is 2.39. The molecule has 1 aliphatic heterocycles. The van der Waals surface area contributed by atoms with Crippen molar-refractivity contribution in [3.63, 3.8) is 0 Å². The molecule has 0 radical (unpaired) electrons. The van der Waals surface area contributed by atoms with Crippen molar-refractivity contribution in [2.24, 2.45) is 11.7 Å². The number of carbonyl (C=O) groups excluding carboxylic acids is 1. The molecule has 2 aliphatic rings. The van der Waals surface area contributed by atoms with E-state index in [4.69, 9.17) is 5.73 Å². The van der Waals surface area contributed by atoms with Crippen molar-refractivity contribution in [3.05, 3.63) is 29.8 Å². The molecule has 106 valence electrons. The van der Waals surface area contributed by atoms with Gasteiger partial charge in [-0.15, -0.1) is 0 Å². The predicted octanol–water partition coefficient (Wildman–Crippen LogP) is 1.16. The van der Waals surface area contributed by atoms with Gasteiger partial charge in [0, 0.05) is 24.6 Å². The van der Waals surface area contributed by atoms with E-state index in [1.165, 1.54) is 4.90 Å². The maximum absolute atomic E-state index is 12.4. The van der Waals surface area contributed by atoms with Gasteiger partial charge in [0.1, 0.15) is 6.04 Å². The van der Waals surface area contributed by atoms with E-state index in [2.05, 4.69) is 0 Å². The van der Waals surface area contributed by atoms with E-state index < -0.39 is 12.0 Å². The molecule has 1 amide bonds. The predicted molar refractivity (Wildman–Crippen MR) is 74.4 cm³/mol. The summed E-state index contributed by atoms with van der Waals surface area (Å²) < 4.78 is 0. The Labute approximate surface area is 117 Å². The second-order valence-electron chi connectivity index (χ2n) is 5.66. The molecule has 1 saturated carbocycles. The molecule has 0 spiro atoms. The summed E-state index contributed by atoms with van der Waals surface area (Å²) in [5.41, 5.74) is 7.62. The lowest BCUT2D eigenvalue weighted by molar-refractivity contribution is -0.139. The first-order valence-electron chi connectivity index (χ1n) is 6.96. The van der Waals surface area contributed by atoms with E-state index in [0.29, 0.717) is 18.0 Å². The maximum atomic E-state index is 12.4. The van der Waals surface area contributed by atoms with Crippen molar-refractivity contribution in [2.75, 3.05) is 4.90 Å². The maximum Gasteiger partial charge on any atom is 0.327 e. The number of fused-ring (bicyclic) bond motifs is 1. The van der Waals surface area contributed by atoms with Gasteiger partial charge in [0.2, 0.25) is 5.91 Å². The monoisotopic (exact) mass is 274 g/mol. The number of carboxylic acid groups (broad SMARTS) is 1. The Bertz CT molecular complexity index is 554. The van der Waals surface area contributed by atoms with Crippen LogP contribution in [0, 0.1) is 5.92 Å². The fourth-order valence-corrected chi connectivity index (χ4v) is 2.88. The van der Waals surface area contributed by atoms with Crippen molar-refractivity contribution in [2.45, 2.75) is 37.8 Å². The second-order valence-corrected chi connectivity index (χ2v) is 5.66. The highest BCUT2D eigenvalue weighted by molar-refractivity contribution is 6.02. The molecule has 20 heavy (non-hydrogen) atoms. The first-order chi connectivity index (χ1) is 9.58. The Kier molecular flexibility index (Phi) is 3.22. The van der Waals surface area contributed by atoms with Crippen molar-refractivity contribution < 1.29 is 14.7 Å². The minimum Gasteiger partial charge on any atom is -0.480 e. The standard InChI is InChI=1S/C15H18N2O3/c16-11(9-5-6-9)8-14(18)17-12-4-2-1-3-10(12)7-13(17)15(19)20/h1-4,9,11,13H,5-8,16H2,(H,19,20). The number of carboxylic acids is 1. The molecule has 1 aromatic carbocycles. The Morgan fingerprint density at radius 3 is 2.70 bits per heavy atom. The van der Waals surface area contributed by atoms with Gasteiger partial charge in [-0.3, -0.25) is 9.69 Å². The molecule has 2 atom stereocenters. The van der Waals surface area contributed by atoms with Gasteiger partial charge >= 0.3 is 5.97 Å². The van der Waals surface area contributed by atoms with Gasteiger partial charge in [-0.2, -0.15) is 0 Å². The molecule has 0 bridgehead atoms. The molecule has 0 aromatic heterocycles. The quantitative estimate of drug-likeness (QED) is 0.863. The molecule has 3 N–H and O–H groups in total. The third-order valence-electron chi connectivity index (χ3n) is 4.17. The van der Waals surface area contributed by atoms with Crippen LogP contribution in [0.2, 0.25) is 0 Å². The lowest BCUT2D eigenvalue weighted by atomic mass is 10.1. The van der Waals surface area contributed by atoms with Crippen LogP contribution in [0.5, 0.6) is 0 Å². The van der Waals surface area contributed by atoms with E-state index in [-0.39, 0.29) is 18.4 Å². The normalized spacial score (nSPS) is 22.4. The molecule has 1 fully saturated rings. The van der Waals surface area contributed by atoms with Crippen molar-refractivity contribution in [1.29, 1.82) is 0 Å². The first-order valence-corrected chi connectivity index (χ1v) is 6.96. The number of benzene rings is 1. The van der Waals surface area contributed by atoms with Crippen LogP contribution >= 0.6 is 0 Å². The minimum absolute atomic E-state index is 0.148. The average molecular weight is 274 g/mol. The zero-order chi connectivity index (χ0) is 14.3. The Balaban J connectivity index is 1.83. The van der Waals surface area contributed by atoms with Crippen molar-refractivity contribution in [3.8, 4) is 0 Å². The van der Waals surface area contributed by atoms with Gasteiger partial charge in [0.15, 0.2) is 0 Å². The van der Waals surface area contributed by atoms with Gasteiger partial charge in [-0.05, 0) is 30.4 Å². The third-order valence-corrected chi connectivity index (χ3v) is 4.17. The molecule has 1 aromatic rings. The zero-order valence-electron chi connectivity index (χ0n) is 11.2. The summed E-state index contributed by atoms with van der Waals surface area (Å²) >= 11 is 0. The van der Waals surface area contributed by atoms with E-state index >= 15 is 0 Å². The number of aliphatic carboxylic acids is 1. The molecule has 2 unspecified atom stereocenters. The summed E-state index contributed by atoms with van der Waals surface area (Å²) in [4.78, 5) is 25.3. The largest absolute Gasteiger partial charge is 0.480 e. The molecule has 1 heterocycles. The van der Waals surface area contributed by atoms with Gasteiger partial charge < -0.3 is 10.8 Å². The summed E-state index contributed by atoms with van der Waals surface area (Å²) in [7, 11) is 0. The Morgan fingerprint density at radius 2 is 2.05 bits per heavy atom. The van der Waals surface area contributed by atoms with Crippen LogP contribution in [0.25, 0.3) is 0 Å². The minimum atomic E-state index is -0.963. The van der Waals surface area contributed by atoms with Gasteiger partial charge in [-0.25, -0.2) is 4.79 Å². The number of para-hydroxylation sites is 1. The third kappa shape index (κ3) is 2.29. The molecule has 1 aliphatic carbocycles. The smallest absolute Gasteiger partial charge is 0.327 e. The molecular formula is C15H18N2O3. The lowest BCUT2D eigenvalue weighted by Gasteiger charge is -2.24. The second kappa shape index (κ2) is 4.90. The fraction of sp³-hybridized carbons (Fsp3) is 0.467. The SMILES string of the molecule is NC(CC(=O)N1c2ccccc2CC1C(=O)O)C1CC1. The van der Waals surface area contributed by atoms with Crippen LogP contribution < -0.4 is 10.6 Å².